The SMILES string of the molecule is O=c1[nH]ccc2c1c(=O)oc1ccccc12. The molecule has 0 aliphatic rings. The van der Waals surface area contributed by atoms with Gasteiger partial charge in [-0.15, -0.1) is 0 Å². The maximum absolute atomic E-state index is 11.6. The molecule has 0 aliphatic heterocycles. The minimum Gasteiger partial charge on any atom is -0.422 e. The minimum absolute atomic E-state index is 0.0706. The number of hydrogen-bond acceptors (Lipinski definition) is 3. The van der Waals surface area contributed by atoms with Crippen LogP contribution in [0.4, 0.5) is 0 Å². The number of rotatable bonds is 0. The molecule has 0 bridgehead atoms. The Balaban J connectivity index is 2.77. The van der Waals surface area contributed by atoms with Crippen LogP contribution in [0.15, 0.2) is 50.5 Å². The second-order valence-electron chi connectivity index (χ2n) is 3.48. The zero-order valence-electron chi connectivity index (χ0n) is 8.19. The van der Waals surface area contributed by atoms with Gasteiger partial charge in [-0.05, 0) is 12.1 Å². The lowest BCUT2D eigenvalue weighted by Crippen LogP contribution is -2.14. The van der Waals surface area contributed by atoms with Crippen molar-refractivity contribution in [1.82, 2.24) is 4.98 Å². The van der Waals surface area contributed by atoms with Crippen LogP contribution in [0.3, 0.4) is 0 Å². The molecule has 2 heterocycles. The smallest absolute Gasteiger partial charge is 0.349 e. The summed E-state index contributed by atoms with van der Waals surface area (Å²) in [7, 11) is 0. The molecule has 4 heteroatoms. The van der Waals surface area contributed by atoms with Gasteiger partial charge in [0.15, 0.2) is 0 Å². The Morgan fingerprint density at radius 2 is 1.81 bits per heavy atom. The van der Waals surface area contributed by atoms with Crippen LogP contribution in [-0.4, -0.2) is 4.98 Å². The van der Waals surface area contributed by atoms with Gasteiger partial charge in [-0.3, -0.25) is 4.79 Å². The van der Waals surface area contributed by atoms with Crippen molar-refractivity contribution in [3.8, 4) is 0 Å². The second kappa shape index (κ2) is 3.06. The fourth-order valence-electron chi connectivity index (χ4n) is 1.83. The maximum atomic E-state index is 11.6. The van der Waals surface area contributed by atoms with Crippen LogP contribution in [0, 0.1) is 0 Å². The summed E-state index contributed by atoms with van der Waals surface area (Å²) in [5, 5.41) is 1.46. The first-order valence-corrected chi connectivity index (χ1v) is 4.80. The Labute approximate surface area is 89.1 Å². The Morgan fingerprint density at radius 3 is 2.69 bits per heavy atom. The number of nitrogens with one attached hydrogen (secondary N) is 1. The molecule has 0 saturated heterocycles. The second-order valence-corrected chi connectivity index (χ2v) is 3.48. The molecule has 78 valence electrons. The third-order valence-electron chi connectivity index (χ3n) is 2.54. The molecule has 0 atom stereocenters. The van der Waals surface area contributed by atoms with E-state index in [0.717, 1.165) is 5.39 Å². The fourth-order valence-corrected chi connectivity index (χ4v) is 1.83. The van der Waals surface area contributed by atoms with E-state index in [4.69, 9.17) is 4.42 Å². The van der Waals surface area contributed by atoms with Crippen LogP contribution in [-0.2, 0) is 0 Å². The van der Waals surface area contributed by atoms with Crippen molar-refractivity contribution < 1.29 is 4.42 Å². The molecule has 3 rings (SSSR count). The molecule has 3 aromatic rings. The van der Waals surface area contributed by atoms with E-state index in [1.165, 1.54) is 6.20 Å². The summed E-state index contributed by atoms with van der Waals surface area (Å²) >= 11 is 0. The fraction of sp³-hybridized carbons (Fsp3) is 0. The highest BCUT2D eigenvalue weighted by atomic mass is 16.4. The van der Waals surface area contributed by atoms with Crippen LogP contribution in [0.1, 0.15) is 0 Å². The van der Waals surface area contributed by atoms with Crippen LogP contribution in [0.25, 0.3) is 21.7 Å². The Kier molecular flexibility index (Phi) is 1.71. The predicted molar refractivity (Wildman–Crippen MR) is 60.6 cm³/mol. The largest absolute Gasteiger partial charge is 0.422 e. The summed E-state index contributed by atoms with van der Waals surface area (Å²) < 4.78 is 5.08. The molecule has 1 N–H and O–H groups in total. The highest BCUT2D eigenvalue weighted by Crippen LogP contribution is 2.19. The number of H-pyrrole nitrogens is 1. The van der Waals surface area contributed by atoms with E-state index >= 15 is 0 Å². The quantitative estimate of drug-likeness (QED) is 0.456. The number of para-hydroxylation sites is 1. The van der Waals surface area contributed by atoms with Crippen LogP contribution < -0.4 is 11.2 Å². The summed E-state index contributed by atoms with van der Waals surface area (Å²) in [6, 6.07) is 8.85. The van der Waals surface area contributed by atoms with Crippen LogP contribution in [0.5, 0.6) is 0 Å². The molecule has 0 radical (unpaired) electrons. The molecule has 0 aliphatic carbocycles. The topological polar surface area (TPSA) is 63.1 Å². The Hall–Kier alpha value is -2.36. The summed E-state index contributed by atoms with van der Waals surface area (Å²) in [5.74, 6) is 0. The number of aromatic amines is 1. The molecule has 0 unspecified atom stereocenters. The van der Waals surface area contributed by atoms with E-state index in [9.17, 15) is 9.59 Å². The molecular weight excluding hydrogens is 206 g/mol. The Bertz CT molecular complexity index is 798. The molecule has 0 spiro atoms. The van der Waals surface area contributed by atoms with E-state index in [0.29, 0.717) is 11.0 Å². The average molecular weight is 213 g/mol. The van der Waals surface area contributed by atoms with Gasteiger partial charge in [-0.2, -0.15) is 0 Å². The van der Waals surface area contributed by atoms with E-state index in [-0.39, 0.29) is 5.39 Å². The van der Waals surface area contributed by atoms with Gasteiger partial charge >= 0.3 is 5.63 Å². The van der Waals surface area contributed by atoms with Crippen molar-refractivity contribution in [2.24, 2.45) is 0 Å². The zero-order valence-corrected chi connectivity index (χ0v) is 8.19. The van der Waals surface area contributed by atoms with Crippen molar-refractivity contribution in [3.63, 3.8) is 0 Å². The molecular formula is C12H7NO3. The van der Waals surface area contributed by atoms with Crippen molar-refractivity contribution >= 4 is 21.7 Å². The van der Waals surface area contributed by atoms with Gasteiger partial charge in [0, 0.05) is 17.0 Å². The molecule has 0 saturated carbocycles. The zero-order chi connectivity index (χ0) is 11.1. The van der Waals surface area contributed by atoms with E-state index in [1.807, 2.05) is 12.1 Å². The lowest BCUT2D eigenvalue weighted by molar-refractivity contribution is 0.569. The van der Waals surface area contributed by atoms with Crippen molar-refractivity contribution in [2.45, 2.75) is 0 Å². The van der Waals surface area contributed by atoms with Gasteiger partial charge in [0.1, 0.15) is 11.0 Å². The number of hydrogen-bond donors (Lipinski definition) is 1. The van der Waals surface area contributed by atoms with Crippen molar-refractivity contribution in [2.75, 3.05) is 0 Å². The third kappa shape index (κ3) is 1.10. The number of aromatic nitrogens is 1. The number of pyridine rings is 1. The van der Waals surface area contributed by atoms with Gasteiger partial charge < -0.3 is 9.40 Å². The van der Waals surface area contributed by atoms with Gasteiger partial charge in [0.25, 0.3) is 5.56 Å². The van der Waals surface area contributed by atoms with E-state index in [2.05, 4.69) is 4.98 Å². The van der Waals surface area contributed by atoms with Crippen molar-refractivity contribution in [1.29, 1.82) is 0 Å². The maximum Gasteiger partial charge on any atom is 0.349 e. The molecule has 2 aromatic heterocycles. The normalized spacial score (nSPS) is 11.0. The first-order valence-electron chi connectivity index (χ1n) is 4.80. The molecule has 0 amide bonds. The first kappa shape index (κ1) is 8.91. The minimum atomic E-state index is -0.601. The standard InChI is InChI=1S/C12H7NO3/c14-11-10-8(5-6-13-11)7-3-1-2-4-9(7)16-12(10)15/h1-6H,(H,13,14). The highest BCUT2D eigenvalue weighted by molar-refractivity contribution is 6.03. The lowest BCUT2D eigenvalue weighted by atomic mass is 10.1. The molecule has 1 aromatic carbocycles. The molecule has 16 heavy (non-hydrogen) atoms. The third-order valence-corrected chi connectivity index (χ3v) is 2.54. The number of fused-ring (bicyclic) bond motifs is 3. The average Bonchev–Trinajstić information content (AvgIpc) is 2.29. The highest BCUT2D eigenvalue weighted by Gasteiger charge is 2.08. The monoisotopic (exact) mass is 213 g/mol. The molecule has 4 nitrogen and oxygen atoms in total. The van der Waals surface area contributed by atoms with Gasteiger partial charge in [0.05, 0.1) is 0 Å². The summed E-state index contributed by atoms with van der Waals surface area (Å²) in [5.41, 5.74) is -0.529. The summed E-state index contributed by atoms with van der Waals surface area (Å²) in [6.07, 6.45) is 1.52. The van der Waals surface area contributed by atoms with Crippen LogP contribution in [0.2, 0.25) is 0 Å². The molecule has 0 fully saturated rings. The Morgan fingerprint density at radius 1 is 1.00 bits per heavy atom. The first-order chi connectivity index (χ1) is 7.77. The lowest BCUT2D eigenvalue weighted by Gasteiger charge is -2.00. The summed E-state index contributed by atoms with van der Waals surface area (Å²) in [6.45, 7) is 0. The van der Waals surface area contributed by atoms with E-state index in [1.54, 1.807) is 18.2 Å². The number of benzene rings is 1. The van der Waals surface area contributed by atoms with Gasteiger partial charge in [-0.25, -0.2) is 4.79 Å². The van der Waals surface area contributed by atoms with Crippen LogP contribution >= 0.6 is 0 Å². The predicted octanol–water partition coefficient (Wildman–Crippen LogP) is 1.63. The van der Waals surface area contributed by atoms with Crippen molar-refractivity contribution in [3.05, 3.63) is 57.3 Å². The van der Waals surface area contributed by atoms with Gasteiger partial charge in [-0.1, -0.05) is 18.2 Å². The van der Waals surface area contributed by atoms with E-state index < -0.39 is 11.2 Å². The van der Waals surface area contributed by atoms with Gasteiger partial charge in [0.2, 0.25) is 0 Å². The summed E-state index contributed by atoms with van der Waals surface area (Å²) in [4.78, 5) is 25.6.